The molecule has 0 unspecified atom stereocenters. The maximum atomic E-state index is 6.31. The molecular formula is C17H23N3. The third-order valence-electron chi connectivity index (χ3n) is 4.68. The molecule has 0 spiro atoms. The molecule has 0 saturated heterocycles. The maximum Gasteiger partial charge on any atom is 0.129 e. The average Bonchev–Trinajstić information content (AvgIpc) is 2.97. The Kier molecular flexibility index (Phi) is 3.08. The Morgan fingerprint density at radius 2 is 1.95 bits per heavy atom. The number of hydrogen-bond donors (Lipinski definition) is 1. The lowest BCUT2D eigenvalue weighted by atomic mass is 9.81. The smallest absolute Gasteiger partial charge is 0.129 e. The van der Waals surface area contributed by atoms with Gasteiger partial charge in [0, 0.05) is 18.0 Å². The highest BCUT2D eigenvalue weighted by Gasteiger charge is 2.36. The summed E-state index contributed by atoms with van der Waals surface area (Å²) < 4.78 is 1.83. The van der Waals surface area contributed by atoms with Crippen molar-refractivity contribution in [3.8, 4) is 11.1 Å². The van der Waals surface area contributed by atoms with Crippen LogP contribution in [0.3, 0.4) is 0 Å². The van der Waals surface area contributed by atoms with E-state index in [9.17, 15) is 0 Å². The normalized spacial score (nSPS) is 17.6. The molecule has 0 aliphatic heterocycles. The average molecular weight is 269 g/mol. The SMILES string of the molecule is Cc1cccc(-c2c(C3(C)CCCC3)nn(C)c2N)c1. The van der Waals surface area contributed by atoms with E-state index in [0.717, 1.165) is 11.4 Å². The fraction of sp³-hybridized carbons (Fsp3) is 0.471. The predicted molar refractivity (Wildman–Crippen MR) is 83.6 cm³/mol. The van der Waals surface area contributed by atoms with Gasteiger partial charge in [-0.3, -0.25) is 4.68 Å². The van der Waals surface area contributed by atoms with E-state index in [1.165, 1.54) is 42.5 Å². The molecule has 106 valence electrons. The summed E-state index contributed by atoms with van der Waals surface area (Å²) in [6.07, 6.45) is 5.00. The number of anilines is 1. The second kappa shape index (κ2) is 4.65. The zero-order valence-corrected chi connectivity index (χ0v) is 12.6. The van der Waals surface area contributed by atoms with Crippen LogP contribution in [-0.4, -0.2) is 9.78 Å². The third kappa shape index (κ3) is 2.01. The van der Waals surface area contributed by atoms with Crippen LogP contribution in [0.2, 0.25) is 0 Å². The molecular weight excluding hydrogens is 246 g/mol. The van der Waals surface area contributed by atoms with Crippen molar-refractivity contribution in [2.24, 2.45) is 7.05 Å². The summed E-state index contributed by atoms with van der Waals surface area (Å²) >= 11 is 0. The number of aromatic nitrogens is 2. The van der Waals surface area contributed by atoms with Gasteiger partial charge in [0.25, 0.3) is 0 Å². The first-order valence-corrected chi connectivity index (χ1v) is 7.41. The molecule has 20 heavy (non-hydrogen) atoms. The summed E-state index contributed by atoms with van der Waals surface area (Å²) in [6, 6.07) is 8.56. The molecule has 1 aromatic heterocycles. The number of hydrogen-bond acceptors (Lipinski definition) is 2. The van der Waals surface area contributed by atoms with Gasteiger partial charge in [-0.05, 0) is 25.3 Å². The summed E-state index contributed by atoms with van der Waals surface area (Å²) in [6.45, 7) is 4.45. The van der Waals surface area contributed by atoms with Crippen LogP contribution in [0.1, 0.15) is 43.9 Å². The van der Waals surface area contributed by atoms with Crippen molar-refractivity contribution in [1.82, 2.24) is 9.78 Å². The third-order valence-corrected chi connectivity index (χ3v) is 4.68. The van der Waals surface area contributed by atoms with Crippen LogP contribution in [0, 0.1) is 6.92 Å². The molecule has 0 bridgehead atoms. The highest BCUT2D eigenvalue weighted by molar-refractivity contribution is 5.78. The second-order valence-electron chi connectivity index (χ2n) is 6.37. The summed E-state index contributed by atoms with van der Waals surface area (Å²) in [4.78, 5) is 0. The molecule has 3 nitrogen and oxygen atoms in total. The Labute approximate surface area is 120 Å². The maximum absolute atomic E-state index is 6.31. The first-order valence-electron chi connectivity index (χ1n) is 7.41. The second-order valence-corrected chi connectivity index (χ2v) is 6.37. The van der Waals surface area contributed by atoms with Crippen molar-refractivity contribution in [3.63, 3.8) is 0 Å². The van der Waals surface area contributed by atoms with Crippen molar-refractivity contribution < 1.29 is 0 Å². The number of benzene rings is 1. The largest absolute Gasteiger partial charge is 0.383 e. The fourth-order valence-electron chi connectivity index (χ4n) is 3.44. The topological polar surface area (TPSA) is 43.8 Å². The molecule has 1 saturated carbocycles. The van der Waals surface area contributed by atoms with Gasteiger partial charge in [-0.25, -0.2) is 0 Å². The van der Waals surface area contributed by atoms with Gasteiger partial charge in [0.2, 0.25) is 0 Å². The number of nitrogens with zero attached hydrogens (tertiary/aromatic N) is 2. The van der Waals surface area contributed by atoms with Gasteiger partial charge in [-0.2, -0.15) is 5.10 Å². The molecule has 3 rings (SSSR count). The summed E-state index contributed by atoms with van der Waals surface area (Å²) in [7, 11) is 1.94. The summed E-state index contributed by atoms with van der Waals surface area (Å²) in [5, 5.41) is 4.76. The lowest BCUT2D eigenvalue weighted by Gasteiger charge is -2.22. The highest BCUT2D eigenvalue weighted by Crippen LogP contribution is 2.45. The van der Waals surface area contributed by atoms with Gasteiger partial charge in [0.1, 0.15) is 5.82 Å². The zero-order chi connectivity index (χ0) is 14.3. The minimum atomic E-state index is 0.175. The van der Waals surface area contributed by atoms with Crippen LogP contribution in [0.4, 0.5) is 5.82 Å². The first-order chi connectivity index (χ1) is 9.51. The molecule has 1 aromatic carbocycles. The van der Waals surface area contributed by atoms with Crippen LogP contribution in [0.15, 0.2) is 24.3 Å². The van der Waals surface area contributed by atoms with Crippen molar-refractivity contribution in [2.45, 2.75) is 44.9 Å². The molecule has 0 amide bonds. The number of nitrogens with two attached hydrogens (primary N) is 1. The van der Waals surface area contributed by atoms with Crippen LogP contribution >= 0.6 is 0 Å². The van der Waals surface area contributed by atoms with Gasteiger partial charge in [0.05, 0.1) is 5.69 Å². The number of nitrogen functional groups attached to an aromatic ring is 1. The van der Waals surface area contributed by atoms with Gasteiger partial charge in [-0.1, -0.05) is 49.6 Å². The summed E-state index contributed by atoms with van der Waals surface area (Å²) in [5.74, 6) is 0.777. The van der Waals surface area contributed by atoms with Crippen LogP contribution in [-0.2, 0) is 12.5 Å². The van der Waals surface area contributed by atoms with Crippen LogP contribution in [0.5, 0.6) is 0 Å². The molecule has 3 heteroatoms. The monoisotopic (exact) mass is 269 g/mol. The highest BCUT2D eigenvalue weighted by atomic mass is 15.3. The van der Waals surface area contributed by atoms with Gasteiger partial charge >= 0.3 is 0 Å². The lowest BCUT2D eigenvalue weighted by molar-refractivity contribution is 0.469. The number of aryl methyl sites for hydroxylation is 2. The van der Waals surface area contributed by atoms with Crippen molar-refractivity contribution in [1.29, 1.82) is 0 Å². The molecule has 1 fully saturated rings. The Balaban J connectivity index is 2.19. The van der Waals surface area contributed by atoms with E-state index in [1.807, 2.05) is 11.7 Å². The Bertz CT molecular complexity index is 634. The van der Waals surface area contributed by atoms with Crippen molar-refractivity contribution in [3.05, 3.63) is 35.5 Å². The molecule has 1 heterocycles. The quantitative estimate of drug-likeness (QED) is 0.901. The predicted octanol–water partition coefficient (Wildman–Crippen LogP) is 3.81. The molecule has 1 aliphatic carbocycles. The van der Waals surface area contributed by atoms with E-state index in [1.54, 1.807) is 0 Å². The molecule has 2 N–H and O–H groups in total. The standard InChI is InChI=1S/C17H23N3/c1-12-7-6-8-13(11-12)14-15(19-20(3)16(14)18)17(2)9-4-5-10-17/h6-8,11H,4-5,9-10,18H2,1-3H3. The fourth-order valence-corrected chi connectivity index (χ4v) is 3.44. The molecule has 0 atom stereocenters. The lowest BCUT2D eigenvalue weighted by Crippen LogP contribution is -2.19. The van der Waals surface area contributed by atoms with E-state index in [4.69, 9.17) is 10.8 Å². The van der Waals surface area contributed by atoms with E-state index in [0.29, 0.717) is 0 Å². The van der Waals surface area contributed by atoms with Crippen molar-refractivity contribution >= 4 is 5.82 Å². The van der Waals surface area contributed by atoms with E-state index in [-0.39, 0.29) is 5.41 Å². The summed E-state index contributed by atoms with van der Waals surface area (Å²) in [5.41, 5.74) is 11.3. The van der Waals surface area contributed by atoms with Crippen LogP contribution < -0.4 is 5.73 Å². The van der Waals surface area contributed by atoms with E-state index >= 15 is 0 Å². The molecule has 0 radical (unpaired) electrons. The van der Waals surface area contributed by atoms with Crippen molar-refractivity contribution in [2.75, 3.05) is 5.73 Å². The Hall–Kier alpha value is -1.77. The van der Waals surface area contributed by atoms with E-state index in [2.05, 4.69) is 38.1 Å². The first kappa shape index (κ1) is 13.2. The molecule has 1 aliphatic rings. The molecule has 2 aromatic rings. The Morgan fingerprint density at radius 3 is 2.60 bits per heavy atom. The minimum absolute atomic E-state index is 0.175. The van der Waals surface area contributed by atoms with Gasteiger partial charge in [-0.15, -0.1) is 0 Å². The minimum Gasteiger partial charge on any atom is -0.383 e. The van der Waals surface area contributed by atoms with Crippen LogP contribution in [0.25, 0.3) is 11.1 Å². The number of rotatable bonds is 2. The van der Waals surface area contributed by atoms with Gasteiger partial charge in [0.15, 0.2) is 0 Å². The Morgan fingerprint density at radius 1 is 1.25 bits per heavy atom. The zero-order valence-electron chi connectivity index (χ0n) is 12.6. The van der Waals surface area contributed by atoms with Gasteiger partial charge < -0.3 is 5.73 Å². The van der Waals surface area contributed by atoms with E-state index < -0.39 is 0 Å².